The summed E-state index contributed by atoms with van der Waals surface area (Å²) in [6, 6.07) is 7.59. The third kappa shape index (κ3) is 4.93. The minimum atomic E-state index is -0.604. The van der Waals surface area contributed by atoms with Gasteiger partial charge in [-0.1, -0.05) is 31.5 Å². The number of rotatable bonds is 8. The number of likely N-dealkylation sites (tertiary alicyclic amines) is 1. The molecule has 1 aromatic rings. The standard InChI is InChI=1S/C19H30N2O4/c1-3-8-19(14-22)9-10-21(12-17(19)23)13-18(24)20-11-15-6-4-5-7-16(15)25-2/h4-7,17,22-23H,3,8-14H2,1-2H3,(H,20,24)/t17-,19-/m1/s1. The Hall–Kier alpha value is -1.63. The van der Waals surface area contributed by atoms with Crippen LogP contribution in [0.5, 0.6) is 5.75 Å². The molecule has 0 spiro atoms. The van der Waals surface area contributed by atoms with E-state index in [9.17, 15) is 15.0 Å². The Kier molecular flexibility index (Phi) is 7.23. The molecule has 0 aliphatic carbocycles. The highest BCUT2D eigenvalue weighted by atomic mass is 16.5. The maximum Gasteiger partial charge on any atom is 0.234 e. The van der Waals surface area contributed by atoms with Crippen molar-refractivity contribution in [3.05, 3.63) is 29.8 Å². The summed E-state index contributed by atoms with van der Waals surface area (Å²) in [5.41, 5.74) is 0.512. The maximum atomic E-state index is 12.2. The maximum absolute atomic E-state index is 12.2. The van der Waals surface area contributed by atoms with E-state index in [-0.39, 0.29) is 19.1 Å². The van der Waals surface area contributed by atoms with E-state index < -0.39 is 11.5 Å². The van der Waals surface area contributed by atoms with Gasteiger partial charge in [0, 0.05) is 24.1 Å². The van der Waals surface area contributed by atoms with E-state index in [4.69, 9.17) is 4.74 Å². The van der Waals surface area contributed by atoms with Crippen LogP contribution in [-0.2, 0) is 11.3 Å². The van der Waals surface area contributed by atoms with E-state index in [0.29, 0.717) is 26.1 Å². The predicted molar refractivity (Wildman–Crippen MR) is 96.3 cm³/mol. The number of aliphatic hydroxyl groups excluding tert-OH is 2. The van der Waals surface area contributed by atoms with E-state index in [1.165, 1.54) is 0 Å². The lowest BCUT2D eigenvalue weighted by Crippen LogP contribution is -2.54. The van der Waals surface area contributed by atoms with E-state index >= 15 is 0 Å². The number of β-amino-alcohol motifs (C(OH)–C–C–N with tert-alkyl or cyclic N) is 1. The molecule has 0 aromatic heterocycles. The SMILES string of the molecule is CCC[C@]1(CO)CCN(CC(=O)NCc2ccccc2OC)C[C@H]1O. The monoisotopic (exact) mass is 350 g/mol. The van der Waals surface area contributed by atoms with Gasteiger partial charge in [-0.05, 0) is 25.5 Å². The highest BCUT2D eigenvalue weighted by Gasteiger charge is 2.41. The first-order chi connectivity index (χ1) is 12.0. The van der Waals surface area contributed by atoms with E-state index in [2.05, 4.69) is 12.2 Å². The van der Waals surface area contributed by atoms with Gasteiger partial charge in [0.05, 0.1) is 26.4 Å². The number of ether oxygens (including phenoxy) is 1. The Morgan fingerprint density at radius 2 is 2.20 bits per heavy atom. The number of aliphatic hydroxyl groups is 2. The Bertz CT molecular complexity index is 566. The second-order valence-corrected chi connectivity index (χ2v) is 6.86. The van der Waals surface area contributed by atoms with Crippen molar-refractivity contribution >= 4 is 5.91 Å². The van der Waals surface area contributed by atoms with Crippen molar-refractivity contribution in [1.82, 2.24) is 10.2 Å². The highest BCUT2D eigenvalue weighted by Crippen LogP contribution is 2.35. The molecule has 25 heavy (non-hydrogen) atoms. The molecular weight excluding hydrogens is 320 g/mol. The summed E-state index contributed by atoms with van der Waals surface area (Å²) in [5, 5.41) is 23.1. The average Bonchev–Trinajstić information content (AvgIpc) is 2.62. The van der Waals surface area contributed by atoms with Crippen LogP contribution in [0.4, 0.5) is 0 Å². The number of nitrogens with one attached hydrogen (secondary N) is 1. The molecule has 140 valence electrons. The molecule has 0 radical (unpaired) electrons. The lowest BCUT2D eigenvalue weighted by molar-refractivity contribution is -0.125. The van der Waals surface area contributed by atoms with Gasteiger partial charge in [0.1, 0.15) is 5.75 Å². The van der Waals surface area contributed by atoms with Crippen LogP contribution in [0.1, 0.15) is 31.7 Å². The van der Waals surface area contributed by atoms with Gasteiger partial charge >= 0.3 is 0 Å². The molecule has 0 bridgehead atoms. The number of hydrogen-bond acceptors (Lipinski definition) is 5. The fourth-order valence-corrected chi connectivity index (χ4v) is 3.58. The van der Waals surface area contributed by atoms with Gasteiger partial charge in [0.2, 0.25) is 5.91 Å². The van der Waals surface area contributed by atoms with E-state index in [0.717, 1.165) is 24.2 Å². The van der Waals surface area contributed by atoms with Crippen molar-refractivity contribution < 1.29 is 19.7 Å². The van der Waals surface area contributed by atoms with Crippen LogP contribution >= 0.6 is 0 Å². The minimum Gasteiger partial charge on any atom is -0.496 e. The van der Waals surface area contributed by atoms with Crippen LogP contribution in [0.15, 0.2) is 24.3 Å². The summed E-state index contributed by atoms with van der Waals surface area (Å²) in [6.07, 6.45) is 1.83. The lowest BCUT2D eigenvalue weighted by atomic mass is 9.73. The van der Waals surface area contributed by atoms with E-state index in [1.54, 1.807) is 7.11 Å². The zero-order valence-electron chi connectivity index (χ0n) is 15.2. The molecule has 2 rings (SSSR count). The highest BCUT2D eigenvalue weighted by molar-refractivity contribution is 5.78. The van der Waals surface area contributed by atoms with Crippen molar-refractivity contribution in [2.75, 3.05) is 33.4 Å². The summed E-state index contributed by atoms with van der Waals surface area (Å²) in [5.74, 6) is 0.675. The number of amides is 1. The number of methoxy groups -OCH3 is 1. The van der Waals surface area contributed by atoms with Crippen LogP contribution < -0.4 is 10.1 Å². The van der Waals surface area contributed by atoms with Crippen molar-refractivity contribution in [2.24, 2.45) is 5.41 Å². The summed E-state index contributed by atoms with van der Waals surface area (Å²) in [7, 11) is 1.61. The molecule has 1 aliphatic heterocycles. The zero-order valence-corrected chi connectivity index (χ0v) is 15.2. The number of nitrogens with zero attached hydrogens (tertiary/aromatic N) is 1. The Labute approximate surface area is 149 Å². The Balaban J connectivity index is 1.84. The minimum absolute atomic E-state index is 0.00412. The second-order valence-electron chi connectivity index (χ2n) is 6.86. The summed E-state index contributed by atoms with van der Waals surface area (Å²) >= 11 is 0. The van der Waals surface area contributed by atoms with Gasteiger partial charge in [0.15, 0.2) is 0 Å². The van der Waals surface area contributed by atoms with Crippen molar-refractivity contribution in [1.29, 1.82) is 0 Å². The molecule has 1 fully saturated rings. The summed E-state index contributed by atoms with van der Waals surface area (Å²) in [4.78, 5) is 14.2. The van der Waals surface area contributed by atoms with Crippen molar-refractivity contribution in [3.63, 3.8) is 0 Å². The quantitative estimate of drug-likeness (QED) is 0.655. The Morgan fingerprint density at radius 1 is 1.44 bits per heavy atom. The van der Waals surface area contributed by atoms with Crippen LogP contribution in [0.25, 0.3) is 0 Å². The molecule has 2 atom stereocenters. The zero-order chi connectivity index (χ0) is 18.3. The molecule has 0 saturated carbocycles. The number of benzene rings is 1. The van der Waals surface area contributed by atoms with Gasteiger partial charge in [-0.15, -0.1) is 0 Å². The second kappa shape index (κ2) is 9.17. The van der Waals surface area contributed by atoms with Gasteiger partial charge in [-0.25, -0.2) is 0 Å². The molecule has 1 aliphatic rings. The Morgan fingerprint density at radius 3 is 2.84 bits per heavy atom. The number of piperidine rings is 1. The van der Waals surface area contributed by atoms with Gasteiger partial charge in [-0.2, -0.15) is 0 Å². The van der Waals surface area contributed by atoms with E-state index in [1.807, 2.05) is 29.2 Å². The fraction of sp³-hybridized carbons (Fsp3) is 0.632. The van der Waals surface area contributed by atoms with Crippen molar-refractivity contribution in [2.45, 2.75) is 38.8 Å². The number of hydrogen-bond donors (Lipinski definition) is 3. The first-order valence-corrected chi connectivity index (χ1v) is 8.94. The molecule has 1 saturated heterocycles. The van der Waals surface area contributed by atoms with Crippen LogP contribution in [0.3, 0.4) is 0 Å². The summed E-state index contributed by atoms with van der Waals surface area (Å²) < 4.78 is 5.28. The molecule has 1 amide bonds. The molecule has 1 heterocycles. The number of carbonyl (C=O) groups is 1. The molecule has 6 nitrogen and oxygen atoms in total. The molecule has 6 heteroatoms. The number of para-hydroxylation sites is 1. The van der Waals surface area contributed by atoms with Gasteiger partial charge < -0.3 is 20.3 Å². The third-order valence-electron chi connectivity index (χ3n) is 5.16. The topological polar surface area (TPSA) is 82.0 Å². The first kappa shape index (κ1) is 19.7. The molecule has 1 aromatic carbocycles. The van der Waals surface area contributed by atoms with Crippen LogP contribution in [0.2, 0.25) is 0 Å². The number of carbonyl (C=O) groups excluding carboxylic acids is 1. The predicted octanol–water partition coefficient (Wildman–Crippen LogP) is 1.16. The van der Waals surface area contributed by atoms with Crippen molar-refractivity contribution in [3.8, 4) is 5.75 Å². The van der Waals surface area contributed by atoms with Gasteiger partial charge in [-0.3, -0.25) is 9.69 Å². The summed E-state index contributed by atoms with van der Waals surface area (Å²) in [6.45, 7) is 3.84. The largest absolute Gasteiger partial charge is 0.496 e. The average molecular weight is 350 g/mol. The molecule has 0 unspecified atom stereocenters. The molecular formula is C19H30N2O4. The molecule has 3 N–H and O–H groups in total. The fourth-order valence-electron chi connectivity index (χ4n) is 3.58. The van der Waals surface area contributed by atoms with Gasteiger partial charge in [0.25, 0.3) is 0 Å². The van der Waals surface area contributed by atoms with Crippen LogP contribution in [-0.4, -0.2) is 60.5 Å². The lowest BCUT2D eigenvalue weighted by Gasteiger charge is -2.44. The first-order valence-electron chi connectivity index (χ1n) is 8.94. The smallest absolute Gasteiger partial charge is 0.234 e. The van der Waals surface area contributed by atoms with Crippen LogP contribution in [0, 0.1) is 5.41 Å². The third-order valence-corrected chi connectivity index (χ3v) is 5.16. The normalized spacial score (nSPS) is 24.1.